The third kappa shape index (κ3) is 2.01. The quantitative estimate of drug-likeness (QED) is 0.857. The molecule has 82 valence electrons. The Labute approximate surface area is 99.4 Å². The highest BCUT2D eigenvalue weighted by Gasteiger charge is 2.12. The van der Waals surface area contributed by atoms with E-state index in [0.29, 0.717) is 0 Å². The van der Waals surface area contributed by atoms with Gasteiger partial charge in [-0.1, -0.05) is 0 Å². The predicted molar refractivity (Wildman–Crippen MR) is 66.8 cm³/mol. The minimum absolute atomic E-state index is 1.04. The monoisotopic (exact) mass is 230 g/mol. The fourth-order valence-electron chi connectivity index (χ4n) is 2.10. The van der Waals surface area contributed by atoms with Crippen LogP contribution in [0.5, 0.6) is 0 Å². The van der Waals surface area contributed by atoms with Gasteiger partial charge >= 0.3 is 0 Å². The van der Waals surface area contributed by atoms with E-state index in [4.69, 9.17) is 0 Å². The molecular formula is C13H14N2S. The van der Waals surface area contributed by atoms with Gasteiger partial charge in [-0.05, 0) is 42.3 Å². The number of nitrogens with one attached hydrogen (secondary N) is 1. The van der Waals surface area contributed by atoms with Crippen molar-refractivity contribution in [1.82, 2.24) is 10.3 Å². The van der Waals surface area contributed by atoms with Gasteiger partial charge in [0.15, 0.2) is 0 Å². The van der Waals surface area contributed by atoms with Gasteiger partial charge in [0.2, 0.25) is 0 Å². The Morgan fingerprint density at radius 3 is 3.00 bits per heavy atom. The number of hydrogen-bond acceptors (Lipinski definition) is 3. The van der Waals surface area contributed by atoms with Crippen molar-refractivity contribution >= 4 is 11.3 Å². The van der Waals surface area contributed by atoms with Crippen LogP contribution in [0.15, 0.2) is 30.6 Å². The molecule has 0 bridgehead atoms. The fourth-order valence-corrected chi connectivity index (χ4v) is 3.33. The van der Waals surface area contributed by atoms with Gasteiger partial charge in [0.05, 0.1) is 0 Å². The molecular weight excluding hydrogens is 216 g/mol. The summed E-state index contributed by atoms with van der Waals surface area (Å²) in [7, 11) is 0. The lowest BCUT2D eigenvalue weighted by Crippen LogP contribution is -2.21. The molecule has 2 nitrogen and oxygen atoms in total. The molecule has 1 N–H and O–H groups in total. The Hall–Kier alpha value is -1.19. The molecule has 0 radical (unpaired) electrons. The van der Waals surface area contributed by atoms with Gasteiger partial charge in [0.25, 0.3) is 0 Å². The van der Waals surface area contributed by atoms with Crippen LogP contribution >= 0.6 is 11.3 Å². The summed E-state index contributed by atoms with van der Waals surface area (Å²) in [5, 5.41) is 3.42. The van der Waals surface area contributed by atoms with Gasteiger partial charge in [-0.3, -0.25) is 4.98 Å². The Kier molecular flexibility index (Phi) is 2.72. The second kappa shape index (κ2) is 4.36. The summed E-state index contributed by atoms with van der Waals surface area (Å²) in [6.07, 6.45) is 5.96. The average molecular weight is 230 g/mol. The van der Waals surface area contributed by atoms with E-state index in [1.165, 1.54) is 21.7 Å². The van der Waals surface area contributed by atoms with Crippen molar-refractivity contribution in [3.8, 4) is 0 Å². The molecule has 2 aromatic heterocycles. The average Bonchev–Trinajstić information content (AvgIpc) is 2.72. The zero-order valence-corrected chi connectivity index (χ0v) is 9.89. The molecule has 3 rings (SSSR count). The molecule has 0 fully saturated rings. The number of nitrogens with zero attached hydrogens (tertiary/aromatic N) is 1. The van der Waals surface area contributed by atoms with Crippen molar-refractivity contribution in [2.75, 3.05) is 6.54 Å². The third-order valence-corrected chi connectivity index (χ3v) is 4.11. The zero-order chi connectivity index (χ0) is 10.8. The number of hydrogen-bond donors (Lipinski definition) is 1. The molecule has 16 heavy (non-hydrogen) atoms. The van der Waals surface area contributed by atoms with E-state index < -0.39 is 0 Å². The lowest BCUT2D eigenvalue weighted by atomic mass is 10.1. The fraction of sp³-hybridized carbons (Fsp3) is 0.308. The highest BCUT2D eigenvalue weighted by atomic mass is 32.1. The summed E-state index contributed by atoms with van der Waals surface area (Å²) in [5.74, 6) is 0. The van der Waals surface area contributed by atoms with E-state index in [-0.39, 0.29) is 0 Å². The van der Waals surface area contributed by atoms with Gasteiger partial charge in [0, 0.05) is 35.1 Å². The highest BCUT2D eigenvalue weighted by molar-refractivity contribution is 7.12. The van der Waals surface area contributed by atoms with Gasteiger partial charge < -0.3 is 5.32 Å². The topological polar surface area (TPSA) is 24.9 Å². The molecule has 0 aromatic carbocycles. The van der Waals surface area contributed by atoms with Crippen LogP contribution in [0, 0.1) is 0 Å². The molecule has 1 aliphatic heterocycles. The van der Waals surface area contributed by atoms with Gasteiger partial charge in [-0.2, -0.15) is 0 Å². The van der Waals surface area contributed by atoms with Crippen LogP contribution in [0.25, 0.3) is 0 Å². The van der Waals surface area contributed by atoms with Crippen molar-refractivity contribution in [3.63, 3.8) is 0 Å². The summed E-state index contributed by atoms with van der Waals surface area (Å²) >= 11 is 1.95. The second-order valence-electron chi connectivity index (χ2n) is 4.12. The first kappa shape index (κ1) is 10.00. The molecule has 2 aromatic rings. The van der Waals surface area contributed by atoms with Crippen LogP contribution in [-0.4, -0.2) is 11.5 Å². The molecule has 0 unspecified atom stereocenters. The maximum Gasteiger partial charge on any atom is 0.0302 e. The van der Waals surface area contributed by atoms with E-state index in [9.17, 15) is 0 Å². The maximum atomic E-state index is 4.05. The Morgan fingerprint density at radius 1 is 1.31 bits per heavy atom. The van der Waals surface area contributed by atoms with E-state index in [1.54, 1.807) is 5.56 Å². The maximum absolute atomic E-state index is 4.05. The smallest absolute Gasteiger partial charge is 0.0302 e. The van der Waals surface area contributed by atoms with Crippen molar-refractivity contribution in [1.29, 1.82) is 0 Å². The van der Waals surface area contributed by atoms with Crippen LogP contribution in [0.1, 0.15) is 20.9 Å². The molecule has 0 saturated heterocycles. The lowest BCUT2D eigenvalue weighted by Gasteiger charge is -2.10. The summed E-state index contributed by atoms with van der Waals surface area (Å²) in [6, 6.07) is 6.56. The van der Waals surface area contributed by atoms with E-state index in [2.05, 4.69) is 28.5 Å². The molecule has 3 heterocycles. The van der Waals surface area contributed by atoms with Gasteiger partial charge in [-0.25, -0.2) is 0 Å². The first-order valence-electron chi connectivity index (χ1n) is 5.62. The summed E-state index contributed by atoms with van der Waals surface area (Å²) in [5.41, 5.74) is 2.90. The summed E-state index contributed by atoms with van der Waals surface area (Å²) < 4.78 is 0. The molecule has 0 atom stereocenters. The highest BCUT2D eigenvalue weighted by Crippen LogP contribution is 2.26. The first-order chi connectivity index (χ1) is 7.92. The normalized spacial score (nSPS) is 14.8. The predicted octanol–water partition coefficient (Wildman–Crippen LogP) is 2.38. The number of thiophene rings is 1. The largest absolute Gasteiger partial charge is 0.312 e. The summed E-state index contributed by atoms with van der Waals surface area (Å²) in [6.45, 7) is 2.18. The SMILES string of the molecule is c1cc(Cc2cc3c(s2)CNCC3)ccn1. The van der Waals surface area contributed by atoms with Crippen LogP contribution < -0.4 is 5.32 Å². The van der Waals surface area contributed by atoms with E-state index in [0.717, 1.165) is 19.5 Å². The Bertz CT molecular complexity index is 452. The van der Waals surface area contributed by atoms with Crippen molar-refractivity contribution in [3.05, 3.63) is 51.5 Å². The molecule has 0 aliphatic carbocycles. The minimum Gasteiger partial charge on any atom is -0.312 e. The van der Waals surface area contributed by atoms with Gasteiger partial charge in [0.1, 0.15) is 0 Å². The number of aromatic nitrogens is 1. The first-order valence-corrected chi connectivity index (χ1v) is 6.43. The molecule has 0 spiro atoms. The molecule has 0 saturated carbocycles. The molecule has 3 heteroatoms. The van der Waals surface area contributed by atoms with Crippen molar-refractivity contribution < 1.29 is 0 Å². The van der Waals surface area contributed by atoms with Crippen LogP contribution in [0.4, 0.5) is 0 Å². The molecule has 1 aliphatic rings. The standard InChI is InChI=1S/C13H14N2S/c1-4-14-5-2-10(1)7-12-8-11-3-6-15-9-13(11)16-12/h1-2,4-5,8,15H,3,6-7,9H2. The van der Waals surface area contributed by atoms with Crippen molar-refractivity contribution in [2.45, 2.75) is 19.4 Å². The minimum atomic E-state index is 1.04. The number of fused-ring (bicyclic) bond motifs is 1. The Balaban J connectivity index is 1.83. The van der Waals surface area contributed by atoms with E-state index in [1.807, 2.05) is 23.7 Å². The van der Waals surface area contributed by atoms with Crippen LogP contribution in [0.3, 0.4) is 0 Å². The third-order valence-electron chi connectivity index (χ3n) is 2.93. The second-order valence-corrected chi connectivity index (χ2v) is 5.34. The zero-order valence-electron chi connectivity index (χ0n) is 9.07. The van der Waals surface area contributed by atoms with Gasteiger partial charge in [-0.15, -0.1) is 11.3 Å². The number of pyridine rings is 1. The lowest BCUT2D eigenvalue weighted by molar-refractivity contribution is 0.654. The Morgan fingerprint density at radius 2 is 2.19 bits per heavy atom. The van der Waals surface area contributed by atoms with Crippen molar-refractivity contribution in [2.24, 2.45) is 0 Å². The summed E-state index contributed by atoms with van der Waals surface area (Å²) in [4.78, 5) is 7.04. The number of rotatable bonds is 2. The van der Waals surface area contributed by atoms with Crippen LogP contribution in [-0.2, 0) is 19.4 Å². The molecule has 0 amide bonds. The van der Waals surface area contributed by atoms with E-state index >= 15 is 0 Å². The van der Waals surface area contributed by atoms with Crippen LogP contribution in [0.2, 0.25) is 0 Å².